The first-order valence-electron chi connectivity index (χ1n) is 3.13. The summed E-state index contributed by atoms with van der Waals surface area (Å²) < 4.78 is 0. The molecular formula is C5H11N3O2S. The molecule has 0 spiro atoms. The molecule has 0 heterocycles. The third-order valence-electron chi connectivity index (χ3n) is 0.929. The largest absolute Gasteiger partial charge is 0.465 e. The van der Waals surface area contributed by atoms with E-state index in [4.69, 9.17) is 10.8 Å². The van der Waals surface area contributed by atoms with Gasteiger partial charge in [0.1, 0.15) is 0 Å². The van der Waals surface area contributed by atoms with E-state index in [9.17, 15) is 4.79 Å². The van der Waals surface area contributed by atoms with E-state index in [1.807, 2.05) is 0 Å². The highest BCUT2D eigenvalue weighted by atomic mass is 32.1. The van der Waals surface area contributed by atoms with E-state index < -0.39 is 6.09 Å². The van der Waals surface area contributed by atoms with Gasteiger partial charge in [0, 0.05) is 13.1 Å². The molecule has 0 unspecified atom stereocenters. The van der Waals surface area contributed by atoms with Crippen LogP contribution in [0, 0.1) is 0 Å². The zero-order valence-corrected chi connectivity index (χ0v) is 6.78. The molecule has 6 heteroatoms. The van der Waals surface area contributed by atoms with Gasteiger partial charge in [-0.05, 0) is 18.6 Å². The number of hydrogen-bond donors (Lipinski definition) is 4. The molecule has 0 aliphatic carbocycles. The Hall–Kier alpha value is -1.04. The quantitative estimate of drug-likeness (QED) is 0.343. The van der Waals surface area contributed by atoms with E-state index >= 15 is 0 Å². The highest BCUT2D eigenvalue weighted by Crippen LogP contribution is 1.72. The van der Waals surface area contributed by atoms with Crippen molar-refractivity contribution >= 4 is 23.4 Å². The molecule has 64 valence electrons. The molecule has 0 aliphatic heterocycles. The van der Waals surface area contributed by atoms with Gasteiger partial charge in [0.15, 0.2) is 5.11 Å². The van der Waals surface area contributed by atoms with Gasteiger partial charge in [-0.2, -0.15) is 0 Å². The zero-order chi connectivity index (χ0) is 8.69. The van der Waals surface area contributed by atoms with Crippen molar-refractivity contribution in [2.45, 2.75) is 6.42 Å². The maximum Gasteiger partial charge on any atom is 0.404 e. The van der Waals surface area contributed by atoms with Crippen molar-refractivity contribution in [3.05, 3.63) is 0 Å². The standard InChI is InChI=1S/C5H11N3O2S/c6-4(11)7-2-1-3-8-5(9)10/h8H,1-3H2,(H,9,10)(H3,6,7,11). The Morgan fingerprint density at radius 3 is 2.45 bits per heavy atom. The molecule has 0 atom stereocenters. The molecule has 1 amide bonds. The van der Waals surface area contributed by atoms with Crippen LogP contribution < -0.4 is 16.4 Å². The first-order valence-corrected chi connectivity index (χ1v) is 3.54. The fraction of sp³-hybridized carbons (Fsp3) is 0.600. The van der Waals surface area contributed by atoms with Crippen molar-refractivity contribution < 1.29 is 9.90 Å². The lowest BCUT2D eigenvalue weighted by atomic mass is 10.4. The van der Waals surface area contributed by atoms with Crippen LogP contribution in [0.3, 0.4) is 0 Å². The molecule has 5 N–H and O–H groups in total. The van der Waals surface area contributed by atoms with Crippen LogP contribution in [0.15, 0.2) is 0 Å². The van der Waals surface area contributed by atoms with Gasteiger partial charge in [-0.3, -0.25) is 0 Å². The average Bonchev–Trinajstić information content (AvgIpc) is 1.85. The Balaban J connectivity index is 3.03. The van der Waals surface area contributed by atoms with Crippen LogP contribution in [0.2, 0.25) is 0 Å². The van der Waals surface area contributed by atoms with Crippen molar-refractivity contribution in [2.75, 3.05) is 13.1 Å². The van der Waals surface area contributed by atoms with Crippen molar-refractivity contribution in [2.24, 2.45) is 5.73 Å². The van der Waals surface area contributed by atoms with Gasteiger partial charge < -0.3 is 21.5 Å². The van der Waals surface area contributed by atoms with Gasteiger partial charge in [0.2, 0.25) is 0 Å². The summed E-state index contributed by atoms with van der Waals surface area (Å²) >= 11 is 4.53. The molecular weight excluding hydrogens is 166 g/mol. The van der Waals surface area contributed by atoms with Crippen LogP contribution in [0.4, 0.5) is 4.79 Å². The summed E-state index contributed by atoms with van der Waals surface area (Å²) in [6.07, 6.45) is -0.343. The van der Waals surface area contributed by atoms with Crippen molar-refractivity contribution in [1.82, 2.24) is 10.6 Å². The predicted molar refractivity (Wildman–Crippen MR) is 45.4 cm³/mol. The number of carbonyl (C=O) groups is 1. The molecule has 0 radical (unpaired) electrons. The van der Waals surface area contributed by atoms with Gasteiger partial charge in [0.25, 0.3) is 0 Å². The molecule has 0 rings (SSSR count). The van der Waals surface area contributed by atoms with E-state index in [-0.39, 0.29) is 5.11 Å². The second-order valence-electron chi connectivity index (χ2n) is 1.88. The molecule has 11 heavy (non-hydrogen) atoms. The smallest absolute Gasteiger partial charge is 0.404 e. The minimum absolute atomic E-state index is 0.236. The second kappa shape index (κ2) is 5.72. The lowest BCUT2D eigenvalue weighted by Gasteiger charge is -2.02. The Kier molecular flexibility index (Phi) is 5.18. The van der Waals surface area contributed by atoms with E-state index in [0.717, 1.165) is 0 Å². The first-order chi connectivity index (χ1) is 5.13. The maximum atomic E-state index is 9.91. The maximum absolute atomic E-state index is 9.91. The second-order valence-corrected chi connectivity index (χ2v) is 2.32. The number of rotatable bonds is 4. The summed E-state index contributed by atoms with van der Waals surface area (Å²) in [5.41, 5.74) is 5.12. The van der Waals surface area contributed by atoms with Crippen LogP contribution in [0.25, 0.3) is 0 Å². The van der Waals surface area contributed by atoms with Crippen molar-refractivity contribution in [3.8, 4) is 0 Å². The number of carboxylic acid groups (broad SMARTS) is 1. The van der Waals surface area contributed by atoms with Crippen molar-refractivity contribution in [1.29, 1.82) is 0 Å². The highest BCUT2D eigenvalue weighted by molar-refractivity contribution is 7.80. The van der Waals surface area contributed by atoms with Crippen LogP contribution in [-0.4, -0.2) is 29.4 Å². The van der Waals surface area contributed by atoms with E-state index in [2.05, 4.69) is 22.9 Å². The first kappa shape index (κ1) is 9.96. The minimum atomic E-state index is -1.01. The molecule has 0 aromatic rings. The topological polar surface area (TPSA) is 87.4 Å². The molecule has 0 saturated carbocycles. The van der Waals surface area contributed by atoms with E-state index in [1.54, 1.807) is 0 Å². The molecule has 0 bridgehead atoms. The normalized spacial score (nSPS) is 8.73. The molecule has 0 saturated heterocycles. The predicted octanol–water partition coefficient (Wildman–Crippen LogP) is -0.523. The monoisotopic (exact) mass is 177 g/mol. The Morgan fingerprint density at radius 1 is 1.45 bits per heavy atom. The van der Waals surface area contributed by atoms with Gasteiger partial charge in [0.05, 0.1) is 0 Å². The molecule has 0 aromatic carbocycles. The number of nitrogens with two attached hydrogens (primary N) is 1. The lowest BCUT2D eigenvalue weighted by Crippen LogP contribution is -2.32. The SMILES string of the molecule is NC(=S)NCCCNC(=O)O. The highest BCUT2D eigenvalue weighted by Gasteiger charge is 1.92. The summed E-state index contributed by atoms with van der Waals surface area (Å²) in [6.45, 7) is 1.00. The lowest BCUT2D eigenvalue weighted by molar-refractivity contribution is 0.194. The average molecular weight is 177 g/mol. The van der Waals surface area contributed by atoms with Gasteiger partial charge in [-0.25, -0.2) is 4.79 Å². The summed E-state index contributed by atoms with van der Waals surface area (Å²) in [5.74, 6) is 0. The Bertz CT molecular complexity index is 135. The third-order valence-corrected chi connectivity index (χ3v) is 1.07. The summed E-state index contributed by atoms with van der Waals surface area (Å²) in [6, 6.07) is 0. The molecule has 0 aliphatic rings. The summed E-state index contributed by atoms with van der Waals surface area (Å²) in [4.78, 5) is 9.91. The zero-order valence-electron chi connectivity index (χ0n) is 5.96. The fourth-order valence-electron chi connectivity index (χ4n) is 0.495. The molecule has 0 fully saturated rings. The van der Waals surface area contributed by atoms with Crippen LogP contribution >= 0.6 is 12.2 Å². The van der Waals surface area contributed by atoms with Crippen molar-refractivity contribution in [3.63, 3.8) is 0 Å². The van der Waals surface area contributed by atoms with Crippen LogP contribution in [0.5, 0.6) is 0 Å². The summed E-state index contributed by atoms with van der Waals surface area (Å²) in [5, 5.41) is 13.3. The Morgan fingerprint density at radius 2 is 2.00 bits per heavy atom. The van der Waals surface area contributed by atoms with Gasteiger partial charge in [-0.1, -0.05) is 0 Å². The minimum Gasteiger partial charge on any atom is -0.465 e. The number of nitrogens with one attached hydrogen (secondary N) is 2. The van der Waals surface area contributed by atoms with Gasteiger partial charge >= 0.3 is 6.09 Å². The van der Waals surface area contributed by atoms with Crippen LogP contribution in [-0.2, 0) is 0 Å². The number of thiocarbonyl (C=S) groups is 1. The van der Waals surface area contributed by atoms with Gasteiger partial charge in [-0.15, -0.1) is 0 Å². The van der Waals surface area contributed by atoms with E-state index in [0.29, 0.717) is 19.5 Å². The van der Waals surface area contributed by atoms with Crippen LogP contribution in [0.1, 0.15) is 6.42 Å². The summed E-state index contributed by atoms with van der Waals surface area (Å²) in [7, 11) is 0. The fourth-order valence-corrected chi connectivity index (χ4v) is 0.597. The molecule has 0 aromatic heterocycles. The Labute approximate surface area is 70.0 Å². The number of hydrogen-bond acceptors (Lipinski definition) is 2. The number of amides is 1. The van der Waals surface area contributed by atoms with E-state index in [1.165, 1.54) is 0 Å². The third kappa shape index (κ3) is 8.96. The molecule has 5 nitrogen and oxygen atoms in total.